The summed E-state index contributed by atoms with van der Waals surface area (Å²) in [6.07, 6.45) is 9.49. The summed E-state index contributed by atoms with van der Waals surface area (Å²) in [6, 6.07) is 0.398. The molecule has 1 aliphatic rings. The van der Waals surface area contributed by atoms with Crippen molar-refractivity contribution in [1.82, 2.24) is 14.9 Å². The van der Waals surface area contributed by atoms with E-state index in [1.54, 1.807) is 12.4 Å². The van der Waals surface area contributed by atoms with Gasteiger partial charge < -0.3 is 9.64 Å². The van der Waals surface area contributed by atoms with Crippen molar-refractivity contribution in [2.45, 2.75) is 45.4 Å². The molecule has 1 fully saturated rings. The largest absolute Gasteiger partial charge is 0.464 e. The van der Waals surface area contributed by atoms with Gasteiger partial charge in [-0.25, -0.2) is 9.97 Å². The van der Waals surface area contributed by atoms with Gasteiger partial charge in [0, 0.05) is 31.9 Å². The smallest absolute Gasteiger partial charge is 0.316 e. The Labute approximate surface area is 120 Å². The number of hydrogen-bond acceptors (Lipinski definition) is 4. The second-order valence-electron chi connectivity index (χ2n) is 5.10. The van der Waals surface area contributed by atoms with Gasteiger partial charge in [-0.05, 0) is 31.7 Å². The van der Waals surface area contributed by atoms with Crippen molar-refractivity contribution in [3.63, 3.8) is 0 Å². The van der Waals surface area contributed by atoms with Crippen molar-refractivity contribution >= 4 is 5.91 Å². The Hall–Kier alpha value is -1.65. The molecule has 2 rings (SSSR count). The van der Waals surface area contributed by atoms with E-state index >= 15 is 0 Å². The van der Waals surface area contributed by atoms with Crippen LogP contribution in [0.3, 0.4) is 0 Å². The minimum absolute atomic E-state index is 0.251. The summed E-state index contributed by atoms with van der Waals surface area (Å²) in [5.41, 5.74) is 0.983. The highest BCUT2D eigenvalue weighted by Gasteiger charge is 2.15. The van der Waals surface area contributed by atoms with Gasteiger partial charge in [0.2, 0.25) is 5.91 Å². The number of ether oxygens (including phenoxy) is 1. The van der Waals surface area contributed by atoms with Crippen LogP contribution in [0.25, 0.3) is 0 Å². The molecule has 0 bridgehead atoms. The number of carbonyl (C=O) groups is 1. The average molecular weight is 277 g/mol. The van der Waals surface area contributed by atoms with Crippen LogP contribution >= 0.6 is 0 Å². The van der Waals surface area contributed by atoms with Crippen LogP contribution in [0.5, 0.6) is 6.01 Å². The van der Waals surface area contributed by atoms with Crippen LogP contribution in [0, 0.1) is 0 Å². The van der Waals surface area contributed by atoms with Gasteiger partial charge in [0.05, 0.1) is 6.61 Å². The van der Waals surface area contributed by atoms with E-state index in [4.69, 9.17) is 4.74 Å². The normalized spacial score (nSPS) is 15.8. The molecule has 0 aromatic carbocycles. The van der Waals surface area contributed by atoms with E-state index in [-0.39, 0.29) is 5.91 Å². The van der Waals surface area contributed by atoms with Crippen molar-refractivity contribution in [2.24, 2.45) is 0 Å². The third-order valence-electron chi connectivity index (χ3n) is 3.54. The number of aromatic nitrogens is 2. The predicted molar refractivity (Wildman–Crippen MR) is 76.6 cm³/mol. The summed E-state index contributed by atoms with van der Waals surface area (Å²) in [5.74, 6) is 0.251. The summed E-state index contributed by atoms with van der Waals surface area (Å²) in [4.78, 5) is 22.4. The number of nitrogens with zero attached hydrogens (tertiary/aromatic N) is 3. The zero-order valence-electron chi connectivity index (χ0n) is 12.2. The molecule has 1 aromatic rings. The van der Waals surface area contributed by atoms with E-state index in [0.717, 1.165) is 31.5 Å². The maximum absolute atomic E-state index is 12.2. The van der Waals surface area contributed by atoms with Crippen molar-refractivity contribution in [1.29, 1.82) is 0 Å². The zero-order valence-corrected chi connectivity index (χ0v) is 12.2. The van der Waals surface area contributed by atoms with Crippen LogP contribution in [0.15, 0.2) is 12.4 Å². The predicted octanol–water partition coefficient (Wildman–Crippen LogP) is 2.21. The Morgan fingerprint density at radius 1 is 1.20 bits per heavy atom. The Morgan fingerprint density at radius 2 is 1.85 bits per heavy atom. The third-order valence-corrected chi connectivity index (χ3v) is 3.54. The lowest BCUT2D eigenvalue weighted by Crippen LogP contribution is -2.31. The van der Waals surface area contributed by atoms with Crippen LogP contribution in [0.1, 0.15) is 44.6 Å². The van der Waals surface area contributed by atoms with Gasteiger partial charge in [-0.1, -0.05) is 12.8 Å². The Balaban J connectivity index is 1.80. The topological polar surface area (TPSA) is 55.3 Å². The Bertz CT molecular complexity index is 412. The fourth-order valence-electron chi connectivity index (χ4n) is 2.41. The highest BCUT2D eigenvalue weighted by Crippen LogP contribution is 2.12. The molecule has 20 heavy (non-hydrogen) atoms. The molecule has 1 saturated heterocycles. The molecule has 0 aliphatic carbocycles. The van der Waals surface area contributed by atoms with E-state index < -0.39 is 0 Å². The maximum Gasteiger partial charge on any atom is 0.316 e. The molecular weight excluding hydrogens is 254 g/mol. The molecule has 0 N–H and O–H groups in total. The van der Waals surface area contributed by atoms with E-state index in [9.17, 15) is 4.79 Å². The van der Waals surface area contributed by atoms with E-state index in [1.165, 1.54) is 12.8 Å². The quantitative estimate of drug-likeness (QED) is 0.828. The number of likely N-dealkylation sites (tertiary alicyclic amines) is 1. The third kappa shape index (κ3) is 4.47. The number of hydrogen-bond donors (Lipinski definition) is 0. The van der Waals surface area contributed by atoms with Crippen molar-refractivity contribution in [3.8, 4) is 6.01 Å². The van der Waals surface area contributed by atoms with Crippen molar-refractivity contribution in [2.75, 3.05) is 19.7 Å². The Morgan fingerprint density at radius 3 is 2.45 bits per heavy atom. The van der Waals surface area contributed by atoms with Gasteiger partial charge >= 0.3 is 6.01 Å². The molecule has 0 unspecified atom stereocenters. The molecule has 110 valence electrons. The number of carbonyl (C=O) groups excluding carboxylic acids is 1. The summed E-state index contributed by atoms with van der Waals surface area (Å²) >= 11 is 0. The van der Waals surface area contributed by atoms with Crippen molar-refractivity contribution in [3.05, 3.63) is 18.0 Å². The summed E-state index contributed by atoms with van der Waals surface area (Å²) in [7, 11) is 0. The highest BCUT2D eigenvalue weighted by atomic mass is 16.5. The molecule has 1 aliphatic heterocycles. The second kappa shape index (κ2) is 7.82. The average Bonchev–Trinajstić information content (AvgIpc) is 2.76. The van der Waals surface area contributed by atoms with Gasteiger partial charge in [0.15, 0.2) is 0 Å². The first-order valence-electron chi connectivity index (χ1n) is 7.51. The molecule has 0 saturated carbocycles. The Kier molecular flexibility index (Phi) is 5.77. The first-order chi connectivity index (χ1) is 9.79. The lowest BCUT2D eigenvalue weighted by molar-refractivity contribution is -0.131. The van der Waals surface area contributed by atoms with Crippen molar-refractivity contribution < 1.29 is 9.53 Å². The minimum Gasteiger partial charge on any atom is -0.464 e. The second-order valence-corrected chi connectivity index (χ2v) is 5.10. The lowest BCUT2D eigenvalue weighted by atomic mass is 10.2. The monoisotopic (exact) mass is 277 g/mol. The summed E-state index contributed by atoms with van der Waals surface area (Å²) < 4.78 is 5.20. The van der Waals surface area contributed by atoms with Crippen LogP contribution in [0.2, 0.25) is 0 Å². The fourth-order valence-corrected chi connectivity index (χ4v) is 2.41. The van der Waals surface area contributed by atoms with Gasteiger partial charge in [0.1, 0.15) is 0 Å². The molecular formula is C15H23N3O2. The van der Waals surface area contributed by atoms with Gasteiger partial charge in [-0.15, -0.1) is 0 Å². The van der Waals surface area contributed by atoms with Crippen LogP contribution < -0.4 is 4.74 Å². The maximum atomic E-state index is 12.2. The molecule has 1 amide bonds. The summed E-state index contributed by atoms with van der Waals surface area (Å²) in [6.45, 7) is 4.29. The van der Waals surface area contributed by atoms with E-state index in [0.29, 0.717) is 25.5 Å². The first kappa shape index (κ1) is 14.8. The molecule has 1 aromatic heterocycles. The molecule has 0 atom stereocenters. The fraction of sp³-hybridized carbons (Fsp3) is 0.667. The van der Waals surface area contributed by atoms with Crippen LogP contribution in [-0.2, 0) is 11.2 Å². The number of aryl methyl sites for hydroxylation is 1. The molecule has 5 heteroatoms. The lowest BCUT2D eigenvalue weighted by Gasteiger charge is -2.20. The number of amides is 1. The van der Waals surface area contributed by atoms with Crippen LogP contribution in [0.4, 0.5) is 0 Å². The molecule has 0 spiro atoms. The van der Waals surface area contributed by atoms with Crippen LogP contribution in [-0.4, -0.2) is 40.5 Å². The highest BCUT2D eigenvalue weighted by molar-refractivity contribution is 5.76. The van der Waals surface area contributed by atoms with E-state index in [1.807, 2.05) is 11.8 Å². The standard InChI is InChI=1S/C15H23N3O2/c1-2-20-15-16-11-13(12-17-15)7-8-14(19)18-9-5-3-4-6-10-18/h11-12H,2-10H2,1H3. The summed E-state index contributed by atoms with van der Waals surface area (Å²) in [5, 5.41) is 0. The minimum atomic E-state index is 0.251. The van der Waals surface area contributed by atoms with Gasteiger partial charge in [-0.2, -0.15) is 0 Å². The van der Waals surface area contributed by atoms with Gasteiger partial charge in [0.25, 0.3) is 0 Å². The zero-order chi connectivity index (χ0) is 14.2. The first-order valence-corrected chi connectivity index (χ1v) is 7.51. The van der Waals surface area contributed by atoms with E-state index in [2.05, 4.69) is 9.97 Å². The van der Waals surface area contributed by atoms with Gasteiger partial charge in [-0.3, -0.25) is 4.79 Å². The number of rotatable bonds is 5. The molecule has 0 radical (unpaired) electrons. The molecule has 2 heterocycles. The molecule has 5 nitrogen and oxygen atoms in total. The SMILES string of the molecule is CCOc1ncc(CCC(=O)N2CCCCCC2)cn1.